The molecule has 2 rings (SSSR count). The molecule has 0 fully saturated rings. The second kappa shape index (κ2) is 6.26. The van der Waals surface area contributed by atoms with Crippen molar-refractivity contribution in [2.24, 2.45) is 0 Å². The maximum atomic E-state index is 10.4. The summed E-state index contributed by atoms with van der Waals surface area (Å²) in [5.41, 5.74) is 1.69. The van der Waals surface area contributed by atoms with Gasteiger partial charge in [0.25, 0.3) is 0 Å². The van der Waals surface area contributed by atoms with Crippen LogP contribution >= 0.6 is 68.4 Å². The minimum Gasteiger partial charge on any atom is -0.384 e. The number of aliphatic hydroxyl groups is 1. The molecule has 0 spiro atoms. The van der Waals surface area contributed by atoms with Crippen molar-refractivity contribution in [3.05, 3.63) is 64.7 Å². The second-order valence-corrected chi connectivity index (χ2v) is 6.93. The Morgan fingerprint density at radius 3 is 1.56 bits per heavy atom. The van der Waals surface area contributed by atoms with Crippen molar-refractivity contribution in [3.8, 4) is 0 Å². The summed E-state index contributed by atoms with van der Waals surface area (Å²) in [5.74, 6) is 0. The van der Waals surface area contributed by atoms with Crippen LogP contribution in [0.4, 0.5) is 0 Å². The molecule has 0 amide bonds. The molecular weight excluding hydrogens is 497 g/mol. The van der Waals surface area contributed by atoms with E-state index in [9.17, 15) is 5.11 Å². The molecule has 0 saturated heterocycles. The van der Waals surface area contributed by atoms with Crippen LogP contribution in [0.15, 0.2) is 36.4 Å². The van der Waals surface area contributed by atoms with Gasteiger partial charge in [-0.05, 0) is 80.6 Å². The van der Waals surface area contributed by atoms with Gasteiger partial charge in [-0.15, -0.1) is 0 Å². The van der Waals surface area contributed by atoms with Crippen molar-refractivity contribution in [2.75, 3.05) is 0 Å². The molecule has 1 nitrogen and oxygen atoms in total. The predicted octanol–water partition coefficient (Wildman–Crippen LogP) is 5.28. The lowest BCUT2D eigenvalue weighted by Crippen LogP contribution is -2.04. The molecule has 2 aromatic rings. The van der Waals surface area contributed by atoms with E-state index in [2.05, 4.69) is 45.2 Å². The van der Waals surface area contributed by atoms with Crippen LogP contribution in [0, 0.1) is 7.14 Å². The molecule has 0 unspecified atom stereocenters. The van der Waals surface area contributed by atoms with E-state index in [1.807, 2.05) is 24.3 Å². The van der Waals surface area contributed by atoms with Crippen LogP contribution in [0.5, 0.6) is 0 Å². The van der Waals surface area contributed by atoms with E-state index in [4.69, 9.17) is 23.2 Å². The van der Waals surface area contributed by atoms with Crippen molar-refractivity contribution >= 4 is 68.4 Å². The van der Waals surface area contributed by atoms with Crippen LogP contribution in [0.25, 0.3) is 0 Å². The summed E-state index contributed by atoms with van der Waals surface area (Å²) in [6.45, 7) is 0. The molecule has 1 N–H and O–H groups in total. The summed E-state index contributed by atoms with van der Waals surface area (Å²) in [7, 11) is 0. The van der Waals surface area contributed by atoms with E-state index >= 15 is 0 Å². The first-order valence-corrected chi connectivity index (χ1v) is 7.98. The Bertz CT molecular complexity index is 536. The molecule has 0 saturated carbocycles. The van der Waals surface area contributed by atoms with Gasteiger partial charge in [0.2, 0.25) is 0 Å². The largest absolute Gasteiger partial charge is 0.384 e. The monoisotopic (exact) mass is 504 g/mol. The van der Waals surface area contributed by atoms with Gasteiger partial charge in [0, 0.05) is 17.2 Å². The van der Waals surface area contributed by atoms with E-state index in [-0.39, 0.29) is 0 Å². The van der Waals surface area contributed by atoms with Crippen LogP contribution < -0.4 is 0 Å². The van der Waals surface area contributed by atoms with Gasteiger partial charge in [-0.3, -0.25) is 0 Å². The molecule has 0 aliphatic carbocycles. The molecule has 0 atom stereocenters. The SMILES string of the molecule is OC(c1ccc(Cl)cc1I)c1ccc(Cl)cc1I. The van der Waals surface area contributed by atoms with Gasteiger partial charge < -0.3 is 5.11 Å². The normalized spacial score (nSPS) is 11.0. The van der Waals surface area contributed by atoms with E-state index in [1.165, 1.54) is 0 Å². The van der Waals surface area contributed by atoms with Crippen LogP contribution in [-0.4, -0.2) is 5.11 Å². The molecule has 5 heteroatoms. The highest BCUT2D eigenvalue weighted by Gasteiger charge is 2.16. The van der Waals surface area contributed by atoms with Crippen LogP contribution in [0.3, 0.4) is 0 Å². The number of hydrogen-bond acceptors (Lipinski definition) is 1. The highest BCUT2D eigenvalue weighted by Crippen LogP contribution is 2.31. The Labute approximate surface area is 143 Å². The van der Waals surface area contributed by atoms with Gasteiger partial charge in [0.1, 0.15) is 6.10 Å². The van der Waals surface area contributed by atoms with Crippen LogP contribution in [-0.2, 0) is 0 Å². The Balaban J connectivity index is 2.44. The predicted molar refractivity (Wildman–Crippen MR) is 92.4 cm³/mol. The van der Waals surface area contributed by atoms with E-state index in [0.29, 0.717) is 10.0 Å². The zero-order valence-electron chi connectivity index (χ0n) is 9.00. The van der Waals surface area contributed by atoms with Crippen molar-refractivity contribution in [3.63, 3.8) is 0 Å². The van der Waals surface area contributed by atoms with Crippen molar-refractivity contribution in [1.82, 2.24) is 0 Å². The fourth-order valence-electron chi connectivity index (χ4n) is 1.61. The maximum Gasteiger partial charge on any atom is 0.106 e. The Morgan fingerprint density at radius 1 is 0.833 bits per heavy atom. The minimum absolute atomic E-state index is 0.668. The van der Waals surface area contributed by atoms with E-state index in [0.717, 1.165) is 18.3 Å². The summed E-state index contributed by atoms with van der Waals surface area (Å²) in [5, 5.41) is 11.8. The Morgan fingerprint density at radius 2 is 1.22 bits per heavy atom. The molecule has 0 aliphatic rings. The fourth-order valence-corrected chi connectivity index (χ4v) is 3.95. The number of halogens is 4. The molecule has 0 aliphatic heterocycles. The van der Waals surface area contributed by atoms with Gasteiger partial charge in [0.15, 0.2) is 0 Å². The molecule has 2 aromatic carbocycles. The molecule has 0 heterocycles. The lowest BCUT2D eigenvalue weighted by molar-refractivity contribution is 0.218. The molecule has 18 heavy (non-hydrogen) atoms. The number of rotatable bonds is 2. The van der Waals surface area contributed by atoms with Gasteiger partial charge in [-0.2, -0.15) is 0 Å². The highest BCUT2D eigenvalue weighted by atomic mass is 127. The first-order chi connectivity index (χ1) is 8.49. The second-order valence-electron chi connectivity index (χ2n) is 3.73. The Kier molecular flexibility index (Phi) is 5.16. The lowest BCUT2D eigenvalue weighted by Gasteiger charge is -2.15. The third-order valence-corrected chi connectivity index (χ3v) is 4.85. The zero-order valence-corrected chi connectivity index (χ0v) is 14.8. The summed E-state index contributed by atoms with van der Waals surface area (Å²) >= 11 is 16.2. The average Bonchev–Trinajstić information content (AvgIpc) is 2.28. The number of benzene rings is 2. The summed E-state index contributed by atoms with van der Waals surface area (Å²) in [6, 6.07) is 10.9. The number of hydrogen-bond donors (Lipinski definition) is 1. The van der Waals surface area contributed by atoms with Crippen molar-refractivity contribution < 1.29 is 5.11 Å². The van der Waals surface area contributed by atoms with Crippen molar-refractivity contribution in [1.29, 1.82) is 0 Å². The lowest BCUT2D eigenvalue weighted by atomic mass is 10.0. The third kappa shape index (κ3) is 3.30. The Hall–Kier alpha value is 0.440. The average molecular weight is 505 g/mol. The standard InChI is InChI=1S/C13H8Cl2I2O/c14-7-1-3-9(11(16)5-7)13(18)10-4-2-8(15)6-12(10)17/h1-6,13,18H. The molecule has 0 radical (unpaired) electrons. The molecule has 0 aromatic heterocycles. The van der Waals surface area contributed by atoms with Gasteiger partial charge >= 0.3 is 0 Å². The molecule has 94 valence electrons. The topological polar surface area (TPSA) is 20.2 Å². The van der Waals surface area contributed by atoms with Gasteiger partial charge in [-0.1, -0.05) is 35.3 Å². The minimum atomic E-state index is -0.668. The van der Waals surface area contributed by atoms with Crippen molar-refractivity contribution in [2.45, 2.75) is 6.10 Å². The molecular formula is C13H8Cl2I2O. The first-order valence-electron chi connectivity index (χ1n) is 5.07. The zero-order chi connectivity index (χ0) is 13.3. The van der Waals surface area contributed by atoms with E-state index in [1.54, 1.807) is 12.1 Å². The molecule has 0 bridgehead atoms. The quantitative estimate of drug-likeness (QED) is 0.551. The maximum absolute atomic E-state index is 10.4. The smallest absolute Gasteiger partial charge is 0.106 e. The van der Waals surface area contributed by atoms with Gasteiger partial charge in [0.05, 0.1) is 0 Å². The van der Waals surface area contributed by atoms with Crippen LogP contribution in [0.1, 0.15) is 17.2 Å². The highest BCUT2D eigenvalue weighted by molar-refractivity contribution is 14.1. The first kappa shape index (κ1) is 14.8. The van der Waals surface area contributed by atoms with E-state index < -0.39 is 6.10 Å². The van der Waals surface area contributed by atoms with Crippen LogP contribution in [0.2, 0.25) is 10.0 Å². The summed E-state index contributed by atoms with van der Waals surface area (Å²) in [6.07, 6.45) is -0.668. The fraction of sp³-hybridized carbons (Fsp3) is 0.0769. The third-order valence-electron chi connectivity index (χ3n) is 2.51. The van der Waals surface area contributed by atoms with Gasteiger partial charge in [-0.25, -0.2) is 0 Å². The number of aliphatic hydroxyl groups excluding tert-OH is 1. The summed E-state index contributed by atoms with van der Waals surface area (Å²) in [4.78, 5) is 0. The summed E-state index contributed by atoms with van der Waals surface area (Å²) < 4.78 is 1.89.